The fourth-order valence-electron chi connectivity index (χ4n) is 1.62. The van der Waals surface area contributed by atoms with Crippen molar-refractivity contribution in [2.75, 3.05) is 11.1 Å². The van der Waals surface area contributed by atoms with Crippen molar-refractivity contribution >= 4 is 23.0 Å². The lowest BCUT2D eigenvalue weighted by Crippen LogP contribution is -2.11. The summed E-state index contributed by atoms with van der Waals surface area (Å²) in [6.07, 6.45) is -4.43. The van der Waals surface area contributed by atoms with E-state index in [2.05, 4.69) is 10.3 Å². The Morgan fingerprint density at radius 2 is 2.11 bits per heavy atom. The molecule has 0 aliphatic carbocycles. The van der Waals surface area contributed by atoms with E-state index >= 15 is 0 Å². The van der Waals surface area contributed by atoms with E-state index in [1.807, 2.05) is 24.4 Å². The minimum Gasteiger partial charge on any atom is -0.384 e. The van der Waals surface area contributed by atoms with E-state index in [9.17, 15) is 13.2 Å². The van der Waals surface area contributed by atoms with Crippen LogP contribution >= 0.6 is 11.3 Å². The Morgan fingerprint density at radius 1 is 1.37 bits per heavy atom. The molecule has 0 aliphatic rings. The van der Waals surface area contributed by atoms with Crippen LogP contribution in [-0.2, 0) is 6.18 Å². The van der Waals surface area contributed by atoms with Crippen molar-refractivity contribution in [3.05, 3.63) is 40.1 Å². The van der Waals surface area contributed by atoms with Gasteiger partial charge >= 0.3 is 6.18 Å². The van der Waals surface area contributed by atoms with Crippen LogP contribution in [0.5, 0.6) is 0 Å². The van der Waals surface area contributed by atoms with Gasteiger partial charge in [-0.2, -0.15) is 13.2 Å². The van der Waals surface area contributed by atoms with Gasteiger partial charge in [-0.15, -0.1) is 11.3 Å². The number of thiophene rings is 1. The number of nitrogens with one attached hydrogen (secondary N) is 1. The number of alkyl halides is 3. The van der Waals surface area contributed by atoms with Crippen LogP contribution in [0.2, 0.25) is 0 Å². The molecular formula is C12H12F3N3S. The fraction of sp³-hybridized carbons (Fsp3) is 0.250. The molecule has 102 valence electrons. The third kappa shape index (κ3) is 3.37. The van der Waals surface area contributed by atoms with Crippen molar-refractivity contribution in [2.45, 2.75) is 19.1 Å². The highest BCUT2D eigenvalue weighted by atomic mass is 32.1. The Kier molecular flexibility index (Phi) is 3.66. The maximum Gasteiger partial charge on any atom is 0.416 e. The van der Waals surface area contributed by atoms with Crippen molar-refractivity contribution in [3.8, 4) is 0 Å². The van der Waals surface area contributed by atoms with Crippen LogP contribution in [0.4, 0.5) is 24.8 Å². The Morgan fingerprint density at radius 3 is 2.68 bits per heavy atom. The lowest BCUT2D eigenvalue weighted by molar-refractivity contribution is -0.137. The zero-order valence-corrected chi connectivity index (χ0v) is 10.8. The number of nitrogens with two attached hydrogens (primary N) is 1. The first-order valence-electron chi connectivity index (χ1n) is 5.51. The fourth-order valence-corrected chi connectivity index (χ4v) is 2.35. The third-order valence-corrected chi connectivity index (χ3v) is 3.56. The van der Waals surface area contributed by atoms with E-state index < -0.39 is 11.7 Å². The number of halogens is 3. The zero-order valence-electron chi connectivity index (χ0n) is 10.0. The predicted molar refractivity (Wildman–Crippen MR) is 70.0 cm³/mol. The number of pyridine rings is 1. The Hall–Kier alpha value is -1.76. The van der Waals surface area contributed by atoms with Crippen molar-refractivity contribution < 1.29 is 13.2 Å². The minimum absolute atomic E-state index is 0.119. The Balaban J connectivity index is 2.23. The second-order valence-electron chi connectivity index (χ2n) is 4.05. The standard InChI is InChI=1S/C12H12F3N3S/c1-7(9-3-2-4-19-9)17-11-6-8(12(13,14)15)5-10(16)18-11/h2-7H,1H3,(H3,16,17,18). The topological polar surface area (TPSA) is 50.9 Å². The number of hydrogen-bond donors (Lipinski definition) is 2. The second kappa shape index (κ2) is 5.08. The molecule has 3 N–H and O–H groups in total. The second-order valence-corrected chi connectivity index (χ2v) is 5.02. The van der Waals surface area contributed by atoms with Gasteiger partial charge < -0.3 is 11.1 Å². The molecule has 2 rings (SSSR count). The van der Waals surface area contributed by atoms with Crippen molar-refractivity contribution in [3.63, 3.8) is 0 Å². The van der Waals surface area contributed by atoms with Gasteiger partial charge in [-0.1, -0.05) is 6.07 Å². The van der Waals surface area contributed by atoms with Gasteiger partial charge in [0.05, 0.1) is 11.6 Å². The molecule has 2 aromatic heterocycles. The first-order valence-corrected chi connectivity index (χ1v) is 6.39. The molecule has 2 aromatic rings. The molecule has 0 amide bonds. The predicted octanol–water partition coefficient (Wildman–Crippen LogP) is 3.92. The number of hydrogen-bond acceptors (Lipinski definition) is 4. The number of nitrogens with zero attached hydrogens (tertiary/aromatic N) is 1. The first kappa shape index (κ1) is 13.7. The molecule has 0 saturated heterocycles. The molecule has 0 spiro atoms. The number of rotatable bonds is 3. The van der Waals surface area contributed by atoms with Gasteiger partial charge in [-0.25, -0.2) is 4.98 Å². The van der Waals surface area contributed by atoms with Crippen LogP contribution in [0.15, 0.2) is 29.6 Å². The average molecular weight is 287 g/mol. The molecule has 1 atom stereocenters. The molecule has 0 bridgehead atoms. The van der Waals surface area contributed by atoms with E-state index in [0.717, 1.165) is 17.0 Å². The SMILES string of the molecule is CC(Nc1cc(C(F)(F)F)cc(N)n1)c1cccs1. The highest BCUT2D eigenvalue weighted by Crippen LogP contribution is 2.32. The van der Waals surface area contributed by atoms with Gasteiger partial charge in [0.25, 0.3) is 0 Å². The van der Waals surface area contributed by atoms with E-state index in [4.69, 9.17) is 5.73 Å². The van der Waals surface area contributed by atoms with Crippen LogP contribution in [0.3, 0.4) is 0 Å². The summed E-state index contributed by atoms with van der Waals surface area (Å²) in [5.74, 6) is -0.0380. The van der Waals surface area contributed by atoms with Gasteiger partial charge in [-0.3, -0.25) is 0 Å². The largest absolute Gasteiger partial charge is 0.416 e. The summed E-state index contributed by atoms with van der Waals surface area (Å²) in [6.45, 7) is 1.85. The van der Waals surface area contributed by atoms with E-state index in [-0.39, 0.29) is 17.7 Å². The van der Waals surface area contributed by atoms with Crippen LogP contribution in [0.1, 0.15) is 23.4 Å². The molecule has 0 aromatic carbocycles. The maximum absolute atomic E-state index is 12.6. The molecule has 0 fully saturated rings. The smallest absolute Gasteiger partial charge is 0.384 e. The summed E-state index contributed by atoms with van der Waals surface area (Å²) in [4.78, 5) is 4.88. The third-order valence-electron chi connectivity index (χ3n) is 2.51. The molecule has 0 aliphatic heterocycles. The van der Waals surface area contributed by atoms with Crippen molar-refractivity contribution in [1.29, 1.82) is 0 Å². The summed E-state index contributed by atoms with van der Waals surface area (Å²) in [7, 11) is 0. The van der Waals surface area contributed by atoms with E-state index in [1.165, 1.54) is 11.3 Å². The van der Waals surface area contributed by atoms with Crippen LogP contribution in [0, 0.1) is 0 Å². The van der Waals surface area contributed by atoms with Gasteiger partial charge in [0, 0.05) is 4.88 Å². The van der Waals surface area contributed by atoms with Gasteiger partial charge in [0.1, 0.15) is 11.6 Å². The van der Waals surface area contributed by atoms with E-state index in [1.54, 1.807) is 0 Å². The molecule has 1 unspecified atom stereocenters. The normalized spacial score (nSPS) is 13.3. The number of anilines is 2. The van der Waals surface area contributed by atoms with Crippen LogP contribution < -0.4 is 11.1 Å². The van der Waals surface area contributed by atoms with Crippen LogP contribution in [0.25, 0.3) is 0 Å². The molecule has 0 radical (unpaired) electrons. The van der Waals surface area contributed by atoms with E-state index in [0.29, 0.717) is 0 Å². The number of aromatic nitrogens is 1. The van der Waals surface area contributed by atoms with Crippen LogP contribution in [-0.4, -0.2) is 4.98 Å². The zero-order chi connectivity index (χ0) is 14.0. The molecule has 0 saturated carbocycles. The van der Waals surface area contributed by atoms with Crippen molar-refractivity contribution in [2.24, 2.45) is 0 Å². The highest BCUT2D eigenvalue weighted by molar-refractivity contribution is 7.10. The monoisotopic (exact) mass is 287 g/mol. The molecule has 19 heavy (non-hydrogen) atoms. The number of nitrogen functional groups attached to an aromatic ring is 1. The molecule has 7 heteroatoms. The minimum atomic E-state index is -4.43. The summed E-state index contributed by atoms with van der Waals surface area (Å²) < 4.78 is 37.9. The summed E-state index contributed by atoms with van der Waals surface area (Å²) >= 11 is 1.52. The lowest BCUT2D eigenvalue weighted by Gasteiger charge is -2.15. The summed E-state index contributed by atoms with van der Waals surface area (Å²) in [6, 6.07) is 5.43. The average Bonchev–Trinajstić information content (AvgIpc) is 2.80. The Bertz CT molecular complexity index is 552. The molecular weight excluding hydrogens is 275 g/mol. The summed E-state index contributed by atoms with van der Waals surface area (Å²) in [5, 5.41) is 4.82. The summed E-state index contributed by atoms with van der Waals surface area (Å²) in [5.41, 5.74) is 4.60. The van der Waals surface area contributed by atoms with Gasteiger partial charge in [0.2, 0.25) is 0 Å². The first-order chi connectivity index (χ1) is 8.86. The highest BCUT2D eigenvalue weighted by Gasteiger charge is 2.31. The Labute approximate surface area is 112 Å². The van der Waals surface area contributed by atoms with Gasteiger partial charge in [0.15, 0.2) is 0 Å². The molecule has 3 nitrogen and oxygen atoms in total. The van der Waals surface area contributed by atoms with Gasteiger partial charge in [-0.05, 0) is 30.5 Å². The maximum atomic E-state index is 12.6. The molecule has 2 heterocycles. The lowest BCUT2D eigenvalue weighted by atomic mass is 10.2. The van der Waals surface area contributed by atoms with Crippen molar-refractivity contribution in [1.82, 2.24) is 4.98 Å². The quantitative estimate of drug-likeness (QED) is 0.899.